The highest BCUT2D eigenvalue weighted by molar-refractivity contribution is 6.13. The van der Waals surface area contributed by atoms with E-state index in [9.17, 15) is 0 Å². The van der Waals surface area contributed by atoms with E-state index in [2.05, 4.69) is 196 Å². The van der Waals surface area contributed by atoms with Crippen LogP contribution in [0.1, 0.15) is 47.2 Å². The summed E-state index contributed by atoms with van der Waals surface area (Å²) in [4.78, 5) is 16.0. The molecule has 2 aromatic heterocycles. The third kappa shape index (κ3) is 5.47. The summed E-state index contributed by atoms with van der Waals surface area (Å²) in [6.45, 7) is 4.74. The van der Waals surface area contributed by atoms with Crippen LogP contribution < -0.4 is 0 Å². The lowest BCUT2D eigenvalue weighted by atomic mass is 9.55. The monoisotopic (exact) mass is 831 g/mol. The number of furan rings is 1. The molecule has 0 saturated carbocycles. The minimum Gasteiger partial charge on any atom is -0.456 e. The molecule has 306 valence electrons. The lowest BCUT2D eigenvalue weighted by Crippen LogP contribution is -2.40. The van der Waals surface area contributed by atoms with Gasteiger partial charge in [0.1, 0.15) is 11.2 Å². The van der Waals surface area contributed by atoms with E-state index in [1.165, 1.54) is 38.9 Å². The van der Waals surface area contributed by atoms with Gasteiger partial charge in [0.05, 0.1) is 5.41 Å². The molecule has 1 spiro atoms. The molecule has 0 amide bonds. The van der Waals surface area contributed by atoms with E-state index in [1.54, 1.807) is 0 Å². The van der Waals surface area contributed by atoms with Crippen LogP contribution in [-0.4, -0.2) is 15.0 Å². The Labute approximate surface area is 377 Å². The molecule has 65 heavy (non-hydrogen) atoms. The van der Waals surface area contributed by atoms with Gasteiger partial charge >= 0.3 is 0 Å². The summed E-state index contributed by atoms with van der Waals surface area (Å²) in [5.41, 5.74) is 18.3. The highest BCUT2D eigenvalue weighted by Crippen LogP contribution is 2.63. The summed E-state index contributed by atoms with van der Waals surface area (Å²) >= 11 is 0. The Balaban J connectivity index is 1.10. The molecule has 2 aliphatic rings. The predicted molar refractivity (Wildman–Crippen MR) is 264 cm³/mol. The highest BCUT2D eigenvalue weighted by atomic mass is 16.3. The first-order valence-electron chi connectivity index (χ1n) is 22.4. The largest absolute Gasteiger partial charge is 0.456 e. The minimum absolute atomic E-state index is 0.222. The maximum atomic E-state index is 6.43. The van der Waals surface area contributed by atoms with Gasteiger partial charge < -0.3 is 4.42 Å². The van der Waals surface area contributed by atoms with Gasteiger partial charge in [-0.1, -0.05) is 208 Å². The zero-order valence-electron chi connectivity index (χ0n) is 36.0. The van der Waals surface area contributed by atoms with Crippen molar-refractivity contribution in [3.8, 4) is 67.5 Å². The van der Waals surface area contributed by atoms with Crippen LogP contribution in [0.4, 0.5) is 0 Å². The van der Waals surface area contributed by atoms with E-state index >= 15 is 0 Å². The molecule has 13 rings (SSSR count). The normalized spacial score (nSPS) is 13.9. The molecular weight excluding hydrogens is 791 g/mol. The highest BCUT2D eigenvalue weighted by Gasteiger charge is 2.54. The van der Waals surface area contributed by atoms with Crippen LogP contribution in [0.2, 0.25) is 0 Å². The third-order valence-electron chi connectivity index (χ3n) is 14.0. The fraction of sp³-hybridized carbons (Fsp3) is 0.0656. The minimum atomic E-state index is -0.609. The van der Waals surface area contributed by atoms with Gasteiger partial charge in [0, 0.05) is 32.9 Å². The summed E-state index contributed by atoms with van der Waals surface area (Å²) in [5, 5.41) is 2.23. The molecule has 0 radical (unpaired) electrons. The maximum absolute atomic E-state index is 6.43. The number of rotatable bonds is 5. The van der Waals surface area contributed by atoms with Crippen LogP contribution in [0.5, 0.6) is 0 Å². The molecule has 0 atom stereocenters. The van der Waals surface area contributed by atoms with Crippen molar-refractivity contribution in [2.75, 3.05) is 0 Å². The molecule has 0 unspecified atom stereocenters. The third-order valence-corrected chi connectivity index (χ3v) is 14.0. The summed E-state index contributed by atoms with van der Waals surface area (Å²) in [6, 6.07) is 76.1. The number of hydrogen-bond acceptors (Lipinski definition) is 4. The zero-order chi connectivity index (χ0) is 43.3. The molecule has 0 aliphatic heterocycles. The van der Waals surface area contributed by atoms with Crippen LogP contribution in [0.3, 0.4) is 0 Å². The van der Waals surface area contributed by atoms with Crippen LogP contribution >= 0.6 is 0 Å². The maximum Gasteiger partial charge on any atom is 0.164 e. The van der Waals surface area contributed by atoms with Gasteiger partial charge in [0.15, 0.2) is 17.5 Å². The van der Waals surface area contributed by atoms with Gasteiger partial charge in [-0.25, -0.2) is 15.0 Å². The van der Waals surface area contributed by atoms with Gasteiger partial charge in [0.25, 0.3) is 0 Å². The lowest BCUT2D eigenvalue weighted by molar-refractivity contribution is 0.563. The Morgan fingerprint density at radius 1 is 0.338 bits per heavy atom. The van der Waals surface area contributed by atoms with E-state index < -0.39 is 5.41 Å². The van der Waals surface area contributed by atoms with E-state index in [-0.39, 0.29) is 5.41 Å². The molecule has 0 N–H and O–H groups in total. The van der Waals surface area contributed by atoms with E-state index in [1.807, 2.05) is 30.3 Å². The van der Waals surface area contributed by atoms with Crippen molar-refractivity contribution < 1.29 is 4.42 Å². The van der Waals surface area contributed by atoms with Crippen molar-refractivity contribution in [2.45, 2.75) is 24.7 Å². The molecular formula is C61H41N3O. The van der Waals surface area contributed by atoms with E-state index in [0.717, 1.165) is 66.4 Å². The smallest absolute Gasteiger partial charge is 0.164 e. The fourth-order valence-electron chi connectivity index (χ4n) is 11.1. The second kappa shape index (κ2) is 14.2. The molecule has 0 bridgehead atoms. The Morgan fingerprint density at radius 2 is 0.831 bits per heavy atom. The predicted octanol–water partition coefficient (Wildman–Crippen LogP) is 15.1. The van der Waals surface area contributed by atoms with Gasteiger partial charge in [-0.3, -0.25) is 0 Å². The molecule has 4 heteroatoms. The van der Waals surface area contributed by atoms with Crippen LogP contribution in [0.15, 0.2) is 217 Å². The number of hydrogen-bond donors (Lipinski definition) is 0. The van der Waals surface area contributed by atoms with Crippen LogP contribution in [0, 0.1) is 0 Å². The topological polar surface area (TPSA) is 51.8 Å². The molecule has 0 saturated heterocycles. The Kier molecular flexibility index (Phi) is 8.13. The Hall–Kier alpha value is -8.21. The van der Waals surface area contributed by atoms with E-state index in [0.29, 0.717) is 17.5 Å². The molecule has 4 nitrogen and oxygen atoms in total. The van der Waals surface area contributed by atoms with Crippen molar-refractivity contribution in [1.29, 1.82) is 0 Å². The van der Waals surface area contributed by atoms with Crippen molar-refractivity contribution in [2.24, 2.45) is 0 Å². The summed E-state index contributed by atoms with van der Waals surface area (Å²) in [6.07, 6.45) is 0. The van der Waals surface area contributed by atoms with Gasteiger partial charge in [-0.15, -0.1) is 0 Å². The van der Waals surface area contributed by atoms with Gasteiger partial charge in [-0.05, 0) is 85.0 Å². The van der Waals surface area contributed by atoms with Crippen molar-refractivity contribution in [3.05, 3.63) is 246 Å². The number of aromatic nitrogens is 3. The molecule has 9 aromatic carbocycles. The first-order valence-corrected chi connectivity index (χ1v) is 22.4. The van der Waals surface area contributed by atoms with Gasteiger partial charge in [-0.2, -0.15) is 0 Å². The first-order chi connectivity index (χ1) is 32.0. The molecule has 0 fully saturated rings. The van der Waals surface area contributed by atoms with Gasteiger partial charge in [0.2, 0.25) is 0 Å². The lowest BCUT2D eigenvalue weighted by Gasteiger charge is -2.46. The fourth-order valence-corrected chi connectivity index (χ4v) is 11.1. The molecule has 2 aliphatic carbocycles. The summed E-state index contributed by atoms with van der Waals surface area (Å²) in [5.74, 6) is 1.89. The zero-order valence-corrected chi connectivity index (χ0v) is 36.0. The van der Waals surface area contributed by atoms with Crippen molar-refractivity contribution >= 4 is 21.9 Å². The number of benzene rings is 9. The van der Waals surface area contributed by atoms with E-state index in [4.69, 9.17) is 19.4 Å². The average molecular weight is 832 g/mol. The Bertz CT molecular complexity index is 3630. The van der Waals surface area contributed by atoms with Crippen LogP contribution in [-0.2, 0) is 10.8 Å². The summed E-state index contributed by atoms with van der Waals surface area (Å²) in [7, 11) is 0. The number of fused-ring (bicyclic) bond motifs is 12. The average Bonchev–Trinajstić information content (AvgIpc) is 3.90. The molecule has 11 aromatic rings. The Morgan fingerprint density at radius 3 is 1.54 bits per heavy atom. The molecule has 2 heterocycles. The SMILES string of the molecule is CC1(C)c2ccccc2C2(c3ccc(-c4cccc5oc6ccccc6c45)cc3-c3c(-c4nc(-c5ccccc5)nc(-c5ccc(-c6ccccc6)cc5)n4)cccc32)c2ccccc21. The van der Waals surface area contributed by atoms with Crippen molar-refractivity contribution in [3.63, 3.8) is 0 Å². The number of nitrogens with zero attached hydrogens (tertiary/aromatic N) is 3. The summed E-state index contributed by atoms with van der Waals surface area (Å²) < 4.78 is 6.43. The number of para-hydroxylation sites is 1. The second-order valence-corrected chi connectivity index (χ2v) is 17.8. The van der Waals surface area contributed by atoms with Crippen molar-refractivity contribution in [1.82, 2.24) is 15.0 Å². The van der Waals surface area contributed by atoms with Crippen LogP contribution in [0.25, 0.3) is 89.5 Å². The quantitative estimate of drug-likeness (QED) is 0.173. The standard InChI is InChI=1S/C61H41N3O/c1-60(2)48-24-10-12-26-50(48)61(51-27-13-11-25-49(51)60)47-36-35-42(43-22-16-30-54-56(43)44-21-9-14-29-53(44)65-54)37-46(47)55-45(23-15-28-52(55)61)59-63-57(40-19-7-4-8-20-40)62-58(64-59)41-33-31-39(32-34-41)38-17-5-3-6-18-38/h3-37H,1-2H3. The first kappa shape index (κ1) is 37.4. The second-order valence-electron chi connectivity index (χ2n) is 17.8.